The third-order valence-corrected chi connectivity index (χ3v) is 3.54. The number of rotatable bonds is 8. The minimum Gasteiger partial charge on any atom is -0.357 e. The van der Waals surface area contributed by atoms with Crippen LogP contribution in [0.1, 0.15) is 47.5 Å². The summed E-state index contributed by atoms with van der Waals surface area (Å²) in [5.74, 6) is 1.82. The fraction of sp³-hybridized carbons (Fsp3) is 0.933. The normalized spacial score (nSPS) is 16.5. The lowest BCUT2D eigenvalue weighted by atomic mass is 10.2. The number of hydrogen-bond acceptors (Lipinski definition) is 2. The van der Waals surface area contributed by atoms with Gasteiger partial charge in [-0.3, -0.25) is 9.89 Å². The monoisotopic (exact) mass is 268 g/mol. The third kappa shape index (κ3) is 6.81. The van der Waals surface area contributed by atoms with E-state index in [1.54, 1.807) is 0 Å². The molecule has 2 N–H and O–H groups in total. The molecule has 0 saturated heterocycles. The maximum Gasteiger partial charge on any atom is 0.191 e. The van der Waals surface area contributed by atoms with Crippen molar-refractivity contribution in [1.82, 2.24) is 15.5 Å². The van der Waals surface area contributed by atoms with Crippen molar-refractivity contribution in [2.24, 2.45) is 10.9 Å². The Hall–Kier alpha value is -0.770. The summed E-state index contributed by atoms with van der Waals surface area (Å²) in [6.07, 6.45) is 2.72. The minimum atomic E-state index is 0.591. The SMILES string of the molecule is CCNC(=NCC1CC1)NCCN(C(C)C)C(C)C. The first kappa shape index (κ1) is 16.3. The molecule has 0 heterocycles. The van der Waals surface area contributed by atoms with E-state index in [1.807, 2.05) is 0 Å². The Morgan fingerprint density at radius 2 is 1.79 bits per heavy atom. The fourth-order valence-corrected chi connectivity index (χ4v) is 2.28. The zero-order valence-electron chi connectivity index (χ0n) is 13.4. The van der Waals surface area contributed by atoms with E-state index in [4.69, 9.17) is 0 Å². The van der Waals surface area contributed by atoms with Gasteiger partial charge in [-0.2, -0.15) is 0 Å². The van der Waals surface area contributed by atoms with E-state index >= 15 is 0 Å². The summed E-state index contributed by atoms with van der Waals surface area (Å²) in [5.41, 5.74) is 0. The summed E-state index contributed by atoms with van der Waals surface area (Å²) in [7, 11) is 0. The first-order valence-corrected chi connectivity index (χ1v) is 7.82. The maximum absolute atomic E-state index is 4.64. The lowest BCUT2D eigenvalue weighted by molar-refractivity contribution is 0.178. The van der Waals surface area contributed by atoms with Crippen molar-refractivity contribution >= 4 is 5.96 Å². The first-order chi connectivity index (χ1) is 9.04. The van der Waals surface area contributed by atoms with E-state index in [-0.39, 0.29) is 0 Å². The summed E-state index contributed by atoms with van der Waals surface area (Å²) < 4.78 is 0. The lowest BCUT2D eigenvalue weighted by Gasteiger charge is -2.30. The smallest absolute Gasteiger partial charge is 0.191 e. The predicted molar refractivity (Wildman–Crippen MR) is 83.7 cm³/mol. The second-order valence-electron chi connectivity index (χ2n) is 6.02. The third-order valence-electron chi connectivity index (χ3n) is 3.54. The molecule has 4 nitrogen and oxygen atoms in total. The van der Waals surface area contributed by atoms with E-state index in [0.717, 1.165) is 38.1 Å². The van der Waals surface area contributed by atoms with Crippen LogP contribution in [-0.2, 0) is 0 Å². The molecule has 0 aromatic heterocycles. The highest BCUT2D eigenvalue weighted by Crippen LogP contribution is 2.28. The van der Waals surface area contributed by atoms with Gasteiger partial charge in [0, 0.05) is 38.3 Å². The van der Waals surface area contributed by atoms with E-state index in [0.29, 0.717) is 12.1 Å². The van der Waals surface area contributed by atoms with E-state index in [2.05, 4.69) is 55.1 Å². The molecule has 0 radical (unpaired) electrons. The molecule has 0 unspecified atom stereocenters. The van der Waals surface area contributed by atoms with Crippen LogP contribution in [0.3, 0.4) is 0 Å². The van der Waals surface area contributed by atoms with Gasteiger partial charge in [0.05, 0.1) is 0 Å². The number of nitrogens with one attached hydrogen (secondary N) is 2. The standard InChI is InChI=1S/C15H32N4/c1-6-16-15(18-11-14-7-8-14)17-9-10-19(12(2)3)13(4)5/h12-14H,6-11H2,1-5H3,(H2,16,17,18). The number of aliphatic imine (C=N–C) groups is 1. The van der Waals surface area contributed by atoms with Crippen molar-refractivity contribution in [2.45, 2.75) is 59.5 Å². The van der Waals surface area contributed by atoms with Gasteiger partial charge in [-0.15, -0.1) is 0 Å². The molecule has 0 bridgehead atoms. The Morgan fingerprint density at radius 1 is 1.16 bits per heavy atom. The summed E-state index contributed by atoms with van der Waals surface area (Å²) in [5, 5.41) is 6.76. The first-order valence-electron chi connectivity index (χ1n) is 7.82. The average Bonchev–Trinajstić information content (AvgIpc) is 3.14. The van der Waals surface area contributed by atoms with Crippen LogP contribution in [0.2, 0.25) is 0 Å². The molecule has 4 heteroatoms. The van der Waals surface area contributed by atoms with Gasteiger partial charge in [0.25, 0.3) is 0 Å². The van der Waals surface area contributed by atoms with Crippen molar-refractivity contribution in [3.8, 4) is 0 Å². The van der Waals surface area contributed by atoms with Crippen LogP contribution in [0.15, 0.2) is 4.99 Å². The number of guanidine groups is 1. The van der Waals surface area contributed by atoms with Crippen LogP contribution in [0.5, 0.6) is 0 Å². The Bertz CT molecular complexity index is 261. The van der Waals surface area contributed by atoms with E-state index in [9.17, 15) is 0 Å². The maximum atomic E-state index is 4.64. The molecule has 1 aliphatic carbocycles. The predicted octanol–water partition coefficient (Wildman–Crippen LogP) is 2.07. The molecular weight excluding hydrogens is 236 g/mol. The van der Waals surface area contributed by atoms with Gasteiger partial charge in [-0.1, -0.05) is 0 Å². The van der Waals surface area contributed by atoms with Crippen LogP contribution in [0.4, 0.5) is 0 Å². The molecule has 0 aromatic rings. The van der Waals surface area contributed by atoms with Crippen LogP contribution in [-0.4, -0.2) is 49.1 Å². The average molecular weight is 268 g/mol. The van der Waals surface area contributed by atoms with Crippen molar-refractivity contribution in [3.63, 3.8) is 0 Å². The zero-order chi connectivity index (χ0) is 14.3. The molecule has 1 fully saturated rings. The second-order valence-corrected chi connectivity index (χ2v) is 6.02. The molecule has 112 valence electrons. The van der Waals surface area contributed by atoms with Crippen LogP contribution in [0.25, 0.3) is 0 Å². The highest BCUT2D eigenvalue weighted by Gasteiger charge is 2.20. The van der Waals surface area contributed by atoms with Crippen molar-refractivity contribution in [3.05, 3.63) is 0 Å². The Morgan fingerprint density at radius 3 is 2.26 bits per heavy atom. The topological polar surface area (TPSA) is 39.7 Å². The summed E-state index contributed by atoms with van der Waals surface area (Å²) >= 11 is 0. The molecule has 0 aliphatic heterocycles. The molecule has 0 spiro atoms. The van der Waals surface area contributed by atoms with Gasteiger partial charge in [0.1, 0.15) is 0 Å². The second kappa shape index (κ2) is 8.41. The van der Waals surface area contributed by atoms with E-state index < -0.39 is 0 Å². The molecule has 0 aromatic carbocycles. The number of nitrogens with zero attached hydrogens (tertiary/aromatic N) is 2. The number of hydrogen-bond donors (Lipinski definition) is 2. The summed E-state index contributed by atoms with van der Waals surface area (Å²) in [4.78, 5) is 7.14. The highest BCUT2D eigenvalue weighted by molar-refractivity contribution is 5.79. The van der Waals surface area contributed by atoms with Crippen molar-refractivity contribution in [2.75, 3.05) is 26.2 Å². The molecule has 1 saturated carbocycles. The molecule has 1 rings (SSSR count). The quantitative estimate of drug-likeness (QED) is 0.523. The van der Waals surface area contributed by atoms with Crippen LogP contribution in [0, 0.1) is 5.92 Å². The molecule has 0 atom stereocenters. The Balaban J connectivity index is 2.31. The van der Waals surface area contributed by atoms with Gasteiger partial charge in [-0.05, 0) is 53.4 Å². The Labute approximate surface area is 119 Å². The van der Waals surface area contributed by atoms with Gasteiger partial charge in [0.2, 0.25) is 0 Å². The zero-order valence-corrected chi connectivity index (χ0v) is 13.4. The molecule has 19 heavy (non-hydrogen) atoms. The molecular formula is C15H32N4. The largest absolute Gasteiger partial charge is 0.357 e. The lowest BCUT2D eigenvalue weighted by Crippen LogP contribution is -2.45. The minimum absolute atomic E-state index is 0.591. The van der Waals surface area contributed by atoms with Gasteiger partial charge >= 0.3 is 0 Å². The van der Waals surface area contributed by atoms with Crippen molar-refractivity contribution < 1.29 is 0 Å². The summed E-state index contributed by atoms with van der Waals surface area (Å²) in [6.45, 7) is 15.1. The highest BCUT2D eigenvalue weighted by atomic mass is 15.2. The van der Waals surface area contributed by atoms with Gasteiger partial charge in [0.15, 0.2) is 5.96 Å². The van der Waals surface area contributed by atoms with Gasteiger partial charge < -0.3 is 10.6 Å². The fourth-order valence-electron chi connectivity index (χ4n) is 2.28. The Kier molecular flexibility index (Phi) is 7.21. The summed E-state index contributed by atoms with van der Waals surface area (Å²) in [6, 6.07) is 1.18. The van der Waals surface area contributed by atoms with Crippen molar-refractivity contribution in [1.29, 1.82) is 0 Å². The van der Waals surface area contributed by atoms with Crippen LogP contribution < -0.4 is 10.6 Å². The van der Waals surface area contributed by atoms with Crippen LogP contribution >= 0.6 is 0 Å². The van der Waals surface area contributed by atoms with Gasteiger partial charge in [-0.25, -0.2) is 0 Å². The van der Waals surface area contributed by atoms with E-state index in [1.165, 1.54) is 12.8 Å². The molecule has 0 amide bonds. The molecule has 1 aliphatic rings.